The first-order chi connectivity index (χ1) is 12.2. The van der Waals surface area contributed by atoms with Crippen LogP contribution in [0.1, 0.15) is 19.7 Å². The number of hydrogen-bond donors (Lipinski definition) is 0. The lowest BCUT2D eigenvalue weighted by atomic mass is 10.1. The maximum Gasteiger partial charge on any atom is 0.309 e. The molecule has 0 bridgehead atoms. The Balaban J connectivity index is 2.10. The fourth-order valence-corrected chi connectivity index (χ4v) is 2.51. The number of aromatic nitrogens is 4. The van der Waals surface area contributed by atoms with Gasteiger partial charge in [0.2, 0.25) is 0 Å². The maximum atomic E-state index is 11.7. The molecule has 8 heteroatoms. The highest BCUT2D eigenvalue weighted by molar-refractivity contribution is 5.72. The molecule has 0 spiro atoms. The zero-order valence-electron chi connectivity index (χ0n) is 15.0. The summed E-state index contributed by atoms with van der Waals surface area (Å²) in [4.78, 5) is 13.8. The summed E-state index contributed by atoms with van der Waals surface area (Å²) >= 11 is 0. The predicted octanol–water partition coefficient (Wildman–Crippen LogP) is 1.31. The minimum atomic E-state index is -0.243. The summed E-state index contributed by atoms with van der Waals surface area (Å²) in [5, 5.41) is 12.0. The van der Waals surface area contributed by atoms with Crippen molar-refractivity contribution in [2.24, 2.45) is 5.92 Å². The second-order valence-electron chi connectivity index (χ2n) is 5.70. The van der Waals surface area contributed by atoms with Crippen LogP contribution in [0.5, 0.6) is 0 Å². The van der Waals surface area contributed by atoms with E-state index in [4.69, 9.17) is 9.47 Å². The van der Waals surface area contributed by atoms with Crippen LogP contribution in [0.25, 0.3) is 5.69 Å². The normalized spacial score (nSPS) is 12.3. The van der Waals surface area contributed by atoms with Crippen molar-refractivity contribution in [1.82, 2.24) is 25.1 Å². The molecule has 0 aliphatic rings. The summed E-state index contributed by atoms with van der Waals surface area (Å²) in [6.07, 6.45) is 0. The maximum absolute atomic E-state index is 11.7. The molecule has 0 saturated heterocycles. The average Bonchev–Trinajstić information content (AvgIpc) is 3.09. The van der Waals surface area contributed by atoms with E-state index in [1.54, 1.807) is 4.68 Å². The van der Waals surface area contributed by atoms with Gasteiger partial charge in [-0.2, -0.15) is 4.68 Å². The standard InChI is InChI=1S/C17H25N5O3/c1-4-25-11-10-21(12-14(2)17(23)24-3)13-16-18-19-20-22(16)15-8-6-5-7-9-15/h5-9,14H,4,10-13H2,1-3H3/t14-/m1/s1. The quantitative estimate of drug-likeness (QED) is 0.473. The molecule has 0 N–H and O–H groups in total. The van der Waals surface area contributed by atoms with Gasteiger partial charge >= 0.3 is 5.97 Å². The minimum Gasteiger partial charge on any atom is -0.469 e. The van der Waals surface area contributed by atoms with Crippen molar-refractivity contribution in [2.75, 3.05) is 33.4 Å². The van der Waals surface area contributed by atoms with Gasteiger partial charge in [0.25, 0.3) is 0 Å². The van der Waals surface area contributed by atoms with Gasteiger partial charge in [0.15, 0.2) is 5.82 Å². The van der Waals surface area contributed by atoms with Crippen LogP contribution in [0.15, 0.2) is 30.3 Å². The molecule has 2 rings (SSSR count). The van der Waals surface area contributed by atoms with Gasteiger partial charge in [-0.3, -0.25) is 9.69 Å². The van der Waals surface area contributed by atoms with Crippen molar-refractivity contribution in [3.05, 3.63) is 36.2 Å². The number of hydrogen-bond acceptors (Lipinski definition) is 7. The van der Waals surface area contributed by atoms with Crippen LogP contribution >= 0.6 is 0 Å². The highest BCUT2D eigenvalue weighted by Gasteiger charge is 2.20. The Morgan fingerprint density at radius 1 is 1.32 bits per heavy atom. The molecule has 1 atom stereocenters. The number of carbonyl (C=O) groups excluding carboxylic acids is 1. The van der Waals surface area contributed by atoms with Gasteiger partial charge in [-0.15, -0.1) is 5.10 Å². The van der Waals surface area contributed by atoms with Gasteiger partial charge in [0.1, 0.15) is 0 Å². The van der Waals surface area contributed by atoms with Gasteiger partial charge in [0.05, 0.1) is 31.9 Å². The average molecular weight is 347 g/mol. The van der Waals surface area contributed by atoms with Crippen molar-refractivity contribution in [2.45, 2.75) is 20.4 Å². The summed E-state index contributed by atoms with van der Waals surface area (Å²) in [6, 6.07) is 9.71. The Morgan fingerprint density at radius 3 is 2.76 bits per heavy atom. The van der Waals surface area contributed by atoms with Crippen molar-refractivity contribution in [3.63, 3.8) is 0 Å². The van der Waals surface area contributed by atoms with Gasteiger partial charge < -0.3 is 9.47 Å². The van der Waals surface area contributed by atoms with Gasteiger partial charge in [0, 0.05) is 19.7 Å². The number of carbonyl (C=O) groups is 1. The van der Waals surface area contributed by atoms with E-state index in [1.165, 1.54) is 7.11 Å². The van der Waals surface area contributed by atoms with Gasteiger partial charge in [-0.1, -0.05) is 25.1 Å². The minimum absolute atomic E-state index is 0.232. The van der Waals surface area contributed by atoms with E-state index in [0.717, 1.165) is 5.69 Å². The number of para-hydroxylation sites is 1. The van der Waals surface area contributed by atoms with Crippen molar-refractivity contribution >= 4 is 5.97 Å². The molecule has 0 radical (unpaired) electrons. The lowest BCUT2D eigenvalue weighted by Gasteiger charge is -2.24. The molecule has 0 aliphatic carbocycles. The van der Waals surface area contributed by atoms with Crippen molar-refractivity contribution in [1.29, 1.82) is 0 Å². The number of esters is 1. The molecular formula is C17H25N5O3. The number of nitrogens with zero attached hydrogens (tertiary/aromatic N) is 5. The van der Waals surface area contributed by atoms with E-state index in [1.807, 2.05) is 44.2 Å². The lowest BCUT2D eigenvalue weighted by Crippen LogP contribution is -2.35. The topological polar surface area (TPSA) is 82.4 Å². The summed E-state index contributed by atoms with van der Waals surface area (Å²) < 4.78 is 12.0. The molecule has 8 nitrogen and oxygen atoms in total. The van der Waals surface area contributed by atoms with Crippen LogP contribution in [0.3, 0.4) is 0 Å². The number of tetrazole rings is 1. The molecule has 0 aliphatic heterocycles. The molecule has 1 aromatic heterocycles. The van der Waals surface area contributed by atoms with Crippen LogP contribution in [-0.2, 0) is 20.8 Å². The Labute approximate surface area is 147 Å². The molecule has 2 aromatic rings. The Hall–Kier alpha value is -2.32. The van der Waals surface area contributed by atoms with Crippen LogP contribution in [0, 0.1) is 5.92 Å². The van der Waals surface area contributed by atoms with E-state index in [-0.39, 0.29) is 11.9 Å². The second kappa shape index (κ2) is 9.85. The van der Waals surface area contributed by atoms with Crippen molar-refractivity contribution in [3.8, 4) is 5.69 Å². The molecule has 1 aromatic carbocycles. The predicted molar refractivity (Wildman–Crippen MR) is 92.1 cm³/mol. The van der Waals surface area contributed by atoms with E-state index in [0.29, 0.717) is 38.7 Å². The molecule has 25 heavy (non-hydrogen) atoms. The molecule has 0 fully saturated rings. The zero-order valence-corrected chi connectivity index (χ0v) is 15.0. The number of methoxy groups -OCH3 is 1. The second-order valence-corrected chi connectivity index (χ2v) is 5.70. The number of ether oxygens (including phenoxy) is 2. The molecule has 1 heterocycles. The Kier molecular flexibility index (Phi) is 7.49. The molecule has 0 amide bonds. The molecule has 0 saturated carbocycles. The van der Waals surface area contributed by atoms with E-state index in [9.17, 15) is 4.79 Å². The first-order valence-corrected chi connectivity index (χ1v) is 8.36. The third-order valence-electron chi connectivity index (χ3n) is 3.79. The van der Waals surface area contributed by atoms with E-state index >= 15 is 0 Å². The molecule has 136 valence electrons. The van der Waals surface area contributed by atoms with E-state index in [2.05, 4.69) is 20.4 Å². The monoisotopic (exact) mass is 347 g/mol. The molecule has 0 unspecified atom stereocenters. The highest BCUT2D eigenvalue weighted by Crippen LogP contribution is 2.11. The summed E-state index contributed by atoms with van der Waals surface area (Å²) in [5.41, 5.74) is 0.897. The summed E-state index contributed by atoms with van der Waals surface area (Å²) in [7, 11) is 1.40. The third-order valence-corrected chi connectivity index (χ3v) is 3.79. The van der Waals surface area contributed by atoms with Crippen LogP contribution < -0.4 is 0 Å². The first-order valence-electron chi connectivity index (χ1n) is 8.36. The van der Waals surface area contributed by atoms with Crippen LogP contribution in [-0.4, -0.2) is 64.5 Å². The van der Waals surface area contributed by atoms with E-state index < -0.39 is 0 Å². The number of benzene rings is 1. The third kappa shape index (κ3) is 5.61. The SMILES string of the molecule is CCOCCN(Cc1nnnn1-c1ccccc1)C[C@@H](C)C(=O)OC. The Bertz CT molecular complexity index is 647. The summed E-state index contributed by atoms with van der Waals surface area (Å²) in [5.74, 6) is 0.233. The zero-order chi connectivity index (χ0) is 18.1. The fraction of sp³-hybridized carbons (Fsp3) is 0.529. The van der Waals surface area contributed by atoms with Crippen LogP contribution in [0.2, 0.25) is 0 Å². The van der Waals surface area contributed by atoms with Gasteiger partial charge in [-0.25, -0.2) is 0 Å². The molecular weight excluding hydrogens is 322 g/mol. The number of rotatable bonds is 10. The largest absolute Gasteiger partial charge is 0.469 e. The summed E-state index contributed by atoms with van der Waals surface area (Å²) in [6.45, 7) is 6.77. The first kappa shape index (κ1) is 19.0. The fourth-order valence-electron chi connectivity index (χ4n) is 2.51. The Morgan fingerprint density at radius 2 is 2.08 bits per heavy atom. The smallest absolute Gasteiger partial charge is 0.309 e. The lowest BCUT2D eigenvalue weighted by molar-refractivity contribution is -0.145. The highest BCUT2D eigenvalue weighted by atomic mass is 16.5. The van der Waals surface area contributed by atoms with Gasteiger partial charge in [-0.05, 0) is 29.5 Å². The van der Waals surface area contributed by atoms with Crippen molar-refractivity contribution < 1.29 is 14.3 Å². The van der Waals surface area contributed by atoms with Crippen LogP contribution in [0.4, 0.5) is 0 Å².